The molecule has 5 nitrogen and oxygen atoms in total. The Labute approximate surface area is 109 Å². The van der Waals surface area contributed by atoms with Gasteiger partial charge in [0.25, 0.3) is 0 Å². The van der Waals surface area contributed by atoms with E-state index >= 15 is 0 Å². The van der Waals surface area contributed by atoms with Gasteiger partial charge in [-0.05, 0) is 18.2 Å². The van der Waals surface area contributed by atoms with Crippen LogP contribution in [0.4, 0.5) is 11.9 Å². The van der Waals surface area contributed by atoms with Crippen LogP contribution < -0.4 is 10.6 Å². The number of hydrogen-bond donors (Lipinski definition) is 1. The predicted octanol–water partition coefficient (Wildman–Crippen LogP) is 2.22. The van der Waals surface area contributed by atoms with Crippen molar-refractivity contribution in [1.29, 1.82) is 0 Å². The Morgan fingerprint density at radius 1 is 1.24 bits per heavy atom. The van der Waals surface area contributed by atoms with Gasteiger partial charge in [-0.3, -0.25) is 0 Å². The van der Waals surface area contributed by atoms with E-state index in [0.29, 0.717) is 21.9 Å². The summed E-state index contributed by atoms with van der Waals surface area (Å²) in [7, 11) is 3.68. The maximum atomic E-state index is 5.94. The number of aromatic nitrogens is 3. The summed E-state index contributed by atoms with van der Waals surface area (Å²) in [5.74, 6) is 0.834. The quantitative estimate of drug-likeness (QED) is 0.910. The fraction of sp³-hybridized carbons (Fsp3) is 0.200. The number of nitrogen functional groups attached to an aromatic ring is 1. The molecule has 0 amide bonds. The van der Waals surface area contributed by atoms with Gasteiger partial charge >= 0.3 is 0 Å². The molecule has 0 unspecified atom stereocenters. The molecule has 2 aromatic rings. The number of nitrogens with two attached hydrogens (primary N) is 1. The first-order valence-corrected chi connectivity index (χ1v) is 5.60. The van der Waals surface area contributed by atoms with Gasteiger partial charge in [-0.2, -0.15) is 9.67 Å². The molecule has 0 spiro atoms. The maximum absolute atomic E-state index is 5.94. The Kier molecular flexibility index (Phi) is 3.13. The molecule has 17 heavy (non-hydrogen) atoms. The smallest absolute Gasteiger partial charge is 0.246 e. The minimum Gasteiger partial charge on any atom is -0.368 e. The Balaban J connectivity index is 2.49. The van der Waals surface area contributed by atoms with Crippen molar-refractivity contribution >= 4 is 35.1 Å². The molecular formula is C10H11Cl2N5. The van der Waals surface area contributed by atoms with Gasteiger partial charge < -0.3 is 10.6 Å². The molecule has 0 fully saturated rings. The van der Waals surface area contributed by atoms with Crippen LogP contribution in [0.15, 0.2) is 18.2 Å². The third kappa shape index (κ3) is 2.30. The number of hydrogen-bond acceptors (Lipinski definition) is 4. The molecular weight excluding hydrogens is 261 g/mol. The molecule has 0 radical (unpaired) electrons. The van der Waals surface area contributed by atoms with Crippen molar-refractivity contribution in [1.82, 2.24) is 14.8 Å². The van der Waals surface area contributed by atoms with E-state index in [4.69, 9.17) is 28.9 Å². The van der Waals surface area contributed by atoms with Crippen LogP contribution in [0.3, 0.4) is 0 Å². The highest BCUT2D eigenvalue weighted by atomic mass is 35.5. The van der Waals surface area contributed by atoms with Crippen LogP contribution in [0, 0.1) is 0 Å². The molecule has 1 aromatic carbocycles. The van der Waals surface area contributed by atoms with Crippen molar-refractivity contribution in [3.63, 3.8) is 0 Å². The van der Waals surface area contributed by atoms with Gasteiger partial charge in [0, 0.05) is 14.1 Å². The summed E-state index contributed by atoms with van der Waals surface area (Å²) in [6.45, 7) is 0. The lowest BCUT2D eigenvalue weighted by atomic mass is 10.3. The van der Waals surface area contributed by atoms with Gasteiger partial charge in [-0.25, -0.2) is 0 Å². The van der Waals surface area contributed by atoms with E-state index in [2.05, 4.69) is 10.1 Å². The summed E-state index contributed by atoms with van der Waals surface area (Å²) >= 11 is 11.8. The molecule has 0 bridgehead atoms. The topological polar surface area (TPSA) is 60.0 Å². The first-order chi connectivity index (χ1) is 7.99. The summed E-state index contributed by atoms with van der Waals surface area (Å²) in [4.78, 5) is 5.89. The highest BCUT2D eigenvalue weighted by Crippen LogP contribution is 2.25. The molecule has 1 aromatic heterocycles. The summed E-state index contributed by atoms with van der Waals surface area (Å²) in [5.41, 5.74) is 6.51. The summed E-state index contributed by atoms with van der Waals surface area (Å²) in [6, 6.07) is 5.16. The Morgan fingerprint density at radius 3 is 2.47 bits per heavy atom. The van der Waals surface area contributed by atoms with Crippen molar-refractivity contribution in [2.24, 2.45) is 0 Å². The molecule has 0 aliphatic heterocycles. The average molecular weight is 272 g/mol. The van der Waals surface area contributed by atoms with Crippen LogP contribution >= 0.6 is 23.2 Å². The number of halogens is 2. The lowest BCUT2D eigenvalue weighted by Crippen LogP contribution is -2.10. The van der Waals surface area contributed by atoms with Crippen LogP contribution in [0.2, 0.25) is 10.0 Å². The molecule has 7 heteroatoms. The van der Waals surface area contributed by atoms with Gasteiger partial charge in [0.1, 0.15) is 0 Å². The lowest BCUT2D eigenvalue weighted by molar-refractivity contribution is 0.875. The van der Waals surface area contributed by atoms with Crippen molar-refractivity contribution in [3.05, 3.63) is 28.2 Å². The standard InChI is InChI=1S/C10H11Cl2N5/c1-16(2)10-14-9(13)17(15-10)6-3-4-7(11)8(12)5-6/h3-5H,1-2H3,(H2,13,14,15). The zero-order chi connectivity index (χ0) is 12.6. The van der Waals surface area contributed by atoms with Gasteiger partial charge in [0.05, 0.1) is 15.7 Å². The number of anilines is 2. The van der Waals surface area contributed by atoms with Crippen LogP contribution in [-0.2, 0) is 0 Å². The third-order valence-corrected chi connectivity index (χ3v) is 2.91. The first kappa shape index (κ1) is 12.0. The normalized spacial score (nSPS) is 10.6. The Hall–Kier alpha value is -1.46. The average Bonchev–Trinajstić information content (AvgIpc) is 2.65. The summed E-state index contributed by atoms with van der Waals surface area (Å²) in [5, 5.41) is 5.19. The fourth-order valence-electron chi connectivity index (χ4n) is 1.31. The zero-order valence-corrected chi connectivity index (χ0v) is 10.9. The second-order valence-electron chi connectivity index (χ2n) is 3.67. The lowest BCUT2D eigenvalue weighted by Gasteiger charge is -2.05. The van der Waals surface area contributed by atoms with E-state index in [1.165, 1.54) is 4.68 Å². The highest BCUT2D eigenvalue weighted by Gasteiger charge is 2.11. The van der Waals surface area contributed by atoms with Crippen LogP contribution in [0.1, 0.15) is 0 Å². The summed E-state index contributed by atoms with van der Waals surface area (Å²) < 4.78 is 1.51. The Bertz CT molecular complexity index is 550. The molecule has 2 rings (SSSR count). The van der Waals surface area contributed by atoms with Crippen LogP contribution in [0.5, 0.6) is 0 Å². The van der Waals surface area contributed by atoms with Gasteiger partial charge in [0.2, 0.25) is 11.9 Å². The minimum atomic E-state index is 0.298. The predicted molar refractivity (Wildman–Crippen MR) is 70.1 cm³/mol. The molecule has 0 saturated heterocycles. The van der Waals surface area contributed by atoms with Gasteiger partial charge in [-0.1, -0.05) is 23.2 Å². The van der Waals surface area contributed by atoms with Crippen molar-refractivity contribution in [2.75, 3.05) is 24.7 Å². The van der Waals surface area contributed by atoms with E-state index in [1.807, 2.05) is 14.1 Å². The Morgan fingerprint density at radius 2 is 1.94 bits per heavy atom. The molecule has 0 atom stereocenters. The molecule has 0 aliphatic carbocycles. The van der Waals surface area contributed by atoms with E-state index < -0.39 is 0 Å². The van der Waals surface area contributed by atoms with Gasteiger partial charge in [-0.15, -0.1) is 5.10 Å². The van der Waals surface area contributed by atoms with E-state index in [9.17, 15) is 0 Å². The van der Waals surface area contributed by atoms with Crippen molar-refractivity contribution in [2.45, 2.75) is 0 Å². The third-order valence-electron chi connectivity index (χ3n) is 2.17. The van der Waals surface area contributed by atoms with E-state index in [0.717, 1.165) is 5.69 Å². The highest BCUT2D eigenvalue weighted by molar-refractivity contribution is 6.42. The summed E-state index contributed by atoms with van der Waals surface area (Å²) in [6.07, 6.45) is 0. The van der Waals surface area contributed by atoms with Gasteiger partial charge in [0.15, 0.2) is 0 Å². The molecule has 0 saturated carbocycles. The second kappa shape index (κ2) is 4.43. The molecule has 2 N–H and O–H groups in total. The van der Waals surface area contributed by atoms with Crippen LogP contribution in [-0.4, -0.2) is 28.9 Å². The second-order valence-corrected chi connectivity index (χ2v) is 4.49. The van der Waals surface area contributed by atoms with Crippen molar-refractivity contribution in [3.8, 4) is 5.69 Å². The fourth-order valence-corrected chi connectivity index (χ4v) is 1.60. The largest absolute Gasteiger partial charge is 0.368 e. The number of nitrogens with zero attached hydrogens (tertiary/aromatic N) is 4. The SMILES string of the molecule is CN(C)c1nc(N)n(-c2ccc(Cl)c(Cl)c2)n1. The maximum Gasteiger partial charge on any atom is 0.246 e. The van der Waals surface area contributed by atoms with Crippen LogP contribution in [0.25, 0.3) is 5.69 Å². The molecule has 1 heterocycles. The van der Waals surface area contributed by atoms with Crippen molar-refractivity contribution < 1.29 is 0 Å². The molecule has 90 valence electrons. The van der Waals surface area contributed by atoms with E-state index in [-0.39, 0.29) is 0 Å². The number of rotatable bonds is 2. The monoisotopic (exact) mass is 271 g/mol. The van der Waals surface area contributed by atoms with E-state index in [1.54, 1.807) is 23.1 Å². The first-order valence-electron chi connectivity index (χ1n) is 4.84. The zero-order valence-electron chi connectivity index (χ0n) is 9.35. The molecule has 0 aliphatic rings. The number of benzene rings is 1. The minimum absolute atomic E-state index is 0.298.